The highest BCUT2D eigenvalue weighted by atomic mass is 19.1. The minimum atomic E-state index is -0.831. The summed E-state index contributed by atoms with van der Waals surface area (Å²) in [5.74, 6) is 2.70. The molecular formula is C30H25FN6O4. The van der Waals surface area contributed by atoms with Gasteiger partial charge in [0.05, 0.1) is 30.1 Å². The number of ether oxygens (including phenoxy) is 1. The molecule has 0 unspecified atom stereocenters. The van der Waals surface area contributed by atoms with Crippen molar-refractivity contribution >= 4 is 22.4 Å². The average Bonchev–Trinajstić information content (AvgIpc) is 2.99. The van der Waals surface area contributed by atoms with Gasteiger partial charge in [-0.1, -0.05) is 36.3 Å². The number of nitro groups is 1. The van der Waals surface area contributed by atoms with E-state index in [1.54, 1.807) is 24.1 Å². The van der Waals surface area contributed by atoms with Crippen LogP contribution in [-0.2, 0) is 6.54 Å². The molecule has 11 heteroatoms. The number of para-hydroxylation sites is 1. The molecule has 5 rings (SSSR count). The standard InChI is InChI=1S/C30H25FN6O4/c1-3-14-36-24-13-12-22(19-32)33-26(24)28(29(30(36)38)37(39)40)35-17-15-34(16-18-35)27(20-8-10-21(31)11-9-20)23-6-4-5-7-25(23)41-2/h1,4-13,27H,14-18H2,2H3/t27-/m1/s1. The van der Waals surface area contributed by atoms with Crippen molar-refractivity contribution in [1.82, 2.24) is 14.5 Å². The number of nitrogens with zero attached hydrogens (tertiary/aromatic N) is 6. The molecule has 10 nitrogen and oxygen atoms in total. The van der Waals surface area contributed by atoms with Crippen LogP contribution in [0.25, 0.3) is 11.0 Å². The van der Waals surface area contributed by atoms with Crippen LogP contribution in [0.5, 0.6) is 5.75 Å². The first-order valence-corrected chi connectivity index (χ1v) is 12.8. The highest BCUT2D eigenvalue weighted by molar-refractivity contribution is 5.94. The van der Waals surface area contributed by atoms with E-state index in [1.165, 1.54) is 24.3 Å². The predicted octanol–water partition coefficient (Wildman–Crippen LogP) is 3.87. The van der Waals surface area contributed by atoms with Gasteiger partial charge >= 0.3 is 11.2 Å². The Kier molecular flexibility index (Phi) is 7.64. The first-order chi connectivity index (χ1) is 19.9. The summed E-state index contributed by atoms with van der Waals surface area (Å²) in [6, 6.07) is 18.5. The molecule has 1 aliphatic rings. The average molecular weight is 553 g/mol. The highest BCUT2D eigenvalue weighted by Crippen LogP contribution is 2.38. The Morgan fingerprint density at radius 1 is 1.12 bits per heavy atom. The molecule has 1 aliphatic heterocycles. The smallest absolute Gasteiger partial charge is 0.359 e. The summed E-state index contributed by atoms with van der Waals surface area (Å²) in [4.78, 5) is 33.2. The van der Waals surface area contributed by atoms with Crippen molar-refractivity contribution in [3.8, 4) is 24.2 Å². The van der Waals surface area contributed by atoms with Gasteiger partial charge in [-0.25, -0.2) is 9.37 Å². The number of terminal acetylenes is 1. The van der Waals surface area contributed by atoms with Crippen LogP contribution in [0.15, 0.2) is 65.5 Å². The summed E-state index contributed by atoms with van der Waals surface area (Å²) in [6.45, 7) is 1.35. The van der Waals surface area contributed by atoms with Gasteiger partial charge in [0.2, 0.25) is 0 Å². The molecule has 4 aromatic rings. The Hall–Kier alpha value is -5.26. The summed E-state index contributed by atoms with van der Waals surface area (Å²) in [5.41, 5.74) is 0.890. The zero-order valence-electron chi connectivity index (χ0n) is 22.2. The fraction of sp³-hybridized carbons (Fsp3) is 0.233. The quantitative estimate of drug-likeness (QED) is 0.193. The summed E-state index contributed by atoms with van der Waals surface area (Å²) in [7, 11) is 1.59. The fourth-order valence-corrected chi connectivity index (χ4v) is 5.40. The lowest BCUT2D eigenvalue weighted by atomic mass is 9.95. The molecule has 0 amide bonds. The zero-order chi connectivity index (χ0) is 29.1. The topological polar surface area (TPSA) is 118 Å². The van der Waals surface area contributed by atoms with Crippen molar-refractivity contribution in [2.45, 2.75) is 12.6 Å². The SMILES string of the molecule is C#CCn1c(=O)c([N+](=O)[O-])c(N2CCN([C@H](c3ccc(F)cc3)c3ccccc3OC)CC2)c2nc(C#N)ccc21. The number of halogens is 1. The van der Waals surface area contributed by atoms with E-state index in [4.69, 9.17) is 11.2 Å². The molecule has 1 atom stereocenters. The number of anilines is 1. The van der Waals surface area contributed by atoms with Gasteiger partial charge in [-0.05, 0) is 35.9 Å². The second kappa shape index (κ2) is 11.5. The molecule has 0 aliphatic carbocycles. The maximum absolute atomic E-state index is 13.8. The second-order valence-electron chi connectivity index (χ2n) is 9.44. The second-order valence-corrected chi connectivity index (χ2v) is 9.44. The first-order valence-electron chi connectivity index (χ1n) is 12.8. The van der Waals surface area contributed by atoms with Gasteiger partial charge in [0, 0.05) is 31.7 Å². The maximum atomic E-state index is 13.8. The minimum Gasteiger partial charge on any atom is -0.496 e. The van der Waals surface area contributed by atoms with Crippen LogP contribution in [-0.4, -0.2) is 52.7 Å². The molecular weight excluding hydrogens is 527 g/mol. The molecule has 0 bridgehead atoms. The van der Waals surface area contributed by atoms with Crippen LogP contribution in [0, 0.1) is 39.6 Å². The van der Waals surface area contributed by atoms with E-state index in [9.17, 15) is 24.6 Å². The third-order valence-electron chi connectivity index (χ3n) is 7.22. The van der Waals surface area contributed by atoms with Gasteiger partial charge in [-0.15, -0.1) is 6.42 Å². The third-order valence-corrected chi connectivity index (χ3v) is 7.22. The number of pyridine rings is 2. The lowest BCUT2D eigenvalue weighted by Crippen LogP contribution is -2.48. The van der Waals surface area contributed by atoms with Gasteiger partial charge in [0.15, 0.2) is 5.69 Å². The Bertz CT molecular complexity index is 1770. The molecule has 0 saturated carbocycles. The van der Waals surface area contributed by atoms with Crippen molar-refractivity contribution in [3.63, 3.8) is 0 Å². The van der Waals surface area contributed by atoms with Gasteiger partial charge in [0.1, 0.15) is 28.8 Å². The van der Waals surface area contributed by atoms with E-state index in [1.807, 2.05) is 30.3 Å². The zero-order valence-corrected chi connectivity index (χ0v) is 22.2. The lowest BCUT2D eigenvalue weighted by Gasteiger charge is -2.40. The van der Waals surface area contributed by atoms with E-state index < -0.39 is 16.2 Å². The number of benzene rings is 2. The normalized spacial score (nSPS) is 14.3. The summed E-state index contributed by atoms with van der Waals surface area (Å²) in [5, 5.41) is 21.7. The summed E-state index contributed by atoms with van der Waals surface area (Å²) in [6.07, 6.45) is 5.45. The van der Waals surface area contributed by atoms with Crippen LogP contribution in [0.1, 0.15) is 22.9 Å². The largest absolute Gasteiger partial charge is 0.496 e. The van der Waals surface area contributed by atoms with Crippen LogP contribution >= 0.6 is 0 Å². The van der Waals surface area contributed by atoms with Crippen molar-refractivity contribution in [2.75, 3.05) is 38.2 Å². The predicted molar refractivity (Wildman–Crippen MR) is 151 cm³/mol. The van der Waals surface area contributed by atoms with Gasteiger partial charge in [-0.2, -0.15) is 5.26 Å². The number of nitriles is 1. The lowest BCUT2D eigenvalue weighted by molar-refractivity contribution is -0.385. The van der Waals surface area contributed by atoms with E-state index in [0.717, 1.165) is 15.7 Å². The molecule has 0 radical (unpaired) electrons. The number of fused-ring (bicyclic) bond motifs is 1. The van der Waals surface area contributed by atoms with Gasteiger partial charge in [0.25, 0.3) is 0 Å². The van der Waals surface area contributed by atoms with E-state index in [-0.39, 0.29) is 35.3 Å². The Morgan fingerprint density at radius 3 is 2.46 bits per heavy atom. The Labute approximate surface area is 235 Å². The molecule has 2 aromatic heterocycles. The van der Waals surface area contributed by atoms with E-state index in [2.05, 4.69) is 15.8 Å². The van der Waals surface area contributed by atoms with Crippen molar-refractivity contribution < 1.29 is 14.1 Å². The number of hydrogen-bond donors (Lipinski definition) is 0. The number of rotatable bonds is 7. The van der Waals surface area contributed by atoms with Crippen LogP contribution in [0.3, 0.4) is 0 Å². The summed E-state index contributed by atoms with van der Waals surface area (Å²) < 4.78 is 20.6. The number of piperazine rings is 1. The third kappa shape index (κ3) is 5.07. The fourth-order valence-electron chi connectivity index (χ4n) is 5.40. The molecule has 2 aromatic carbocycles. The van der Waals surface area contributed by atoms with Crippen molar-refractivity contribution in [3.05, 3.63) is 104 Å². The van der Waals surface area contributed by atoms with Gasteiger partial charge in [-0.3, -0.25) is 24.4 Å². The molecule has 0 N–H and O–H groups in total. The minimum absolute atomic E-state index is 0.0603. The molecule has 1 fully saturated rings. The maximum Gasteiger partial charge on any atom is 0.359 e. The van der Waals surface area contributed by atoms with Crippen LogP contribution in [0.2, 0.25) is 0 Å². The van der Waals surface area contributed by atoms with Crippen molar-refractivity contribution in [1.29, 1.82) is 5.26 Å². The molecule has 41 heavy (non-hydrogen) atoms. The van der Waals surface area contributed by atoms with Crippen LogP contribution in [0.4, 0.5) is 15.8 Å². The monoisotopic (exact) mass is 552 g/mol. The Balaban J connectivity index is 1.58. The van der Waals surface area contributed by atoms with E-state index in [0.29, 0.717) is 37.4 Å². The van der Waals surface area contributed by atoms with Gasteiger partial charge < -0.3 is 9.64 Å². The van der Waals surface area contributed by atoms with E-state index >= 15 is 0 Å². The highest BCUT2D eigenvalue weighted by Gasteiger charge is 2.34. The summed E-state index contributed by atoms with van der Waals surface area (Å²) >= 11 is 0. The molecule has 206 valence electrons. The Morgan fingerprint density at radius 2 is 1.83 bits per heavy atom. The number of hydrogen-bond acceptors (Lipinski definition) is 8. The number of methoxy groups -OCH3 is 1. The number of aromatic nitrogens is 2. The molecule has 0 spiro atoms. The molecule has 1 saturated heterocycles. The molecule has 3 heterocycles. The first kappa shape index (κ1) is 27.3. The van der Waals surface area contributed by atoms with Crippen LogP contribution < -0.4 is 15.2 Å². The van der Waals surface area contributed by atoms with Crippen molar-refractivity contribution in [2.24, 2.45) is 0 Å².